The van der Waals surface area contributed by atoms with Crippen molar-refractivity contribution in [3.8, 4) is 5.75 Å². The monoisotopic (exact) mass is 266 g/mol. The Morgan fingerprint density at radius 2 is 2.00 bits per heavy atom. The van der Waals surface area contributed by atoms with Crippen LogP contribution in [0.5, 0.6) is 5.75 Å². The van der Waals surface area contributed by atoms with E-state index in [1.165, 1.54) is 18.2 Å². The Bertz CT molecular complexity index is 474. The van der Waals surface area contributed by atoms with Crippen LogP contribution in [-0.4, -0.2) is 24.6 Å². The highest BCUT2D eigenvalue weighted by atomic mass is 16.6. The molecule has 1 aromatic carbocycles. The van der Waals surface area contributed by atoms with Gasteiger partial charge < -0.3 is 20.9 Å². The molecule has 1 unspecified atom stereocenters. The highest BCUT2D eigenvalue weighted by molar-refractivity contribution is 5.96. The summed E-state index contributed by atoms with van der Waals surface area (Å²) in [7, 11) is 0. The van der Waals surface area contributed by atoms with E-state index in [9.17, 15) is 9.59 Å². The maximum absolute atomic E-state index is 11.7. The molecule has 104 valence electrons. The number of primary amides is 1. The van der Waals surface area contributed by atoms with Gasteiger partial charge >= 0.3 is 5.97 Å². The fourth-order valence-corrected chi connectivity index (χ4v) is 1.53. The normalized spacial score (nSPS) is 11.7. The highest BCUT2D eigenvalue weighted by Crippen LogP contribution is 2.23. The molecule has 6 heteroatoms. The van der Waals surface area contributed by atoms with Gasteiger partial charge in [-0.3, -0.25) is 4.79 Å². The minimum Gasteiger partial charge on any atom is -0.478 e. The number of ether oxygens (including phenoxy) is 2. The minimum absolute atomic E-state index is 0.178. The quantitative estimate of drug-likeness (QED) is 0.592. The molecule has 6 nitrogen and oxygen atoms in total. The van der Waals surface area contributed by atoms with Gasteiger partial charge in [0.15, 0.2) is 6.10 Å². The maximum atomic E-state index is 11.7. The Hall–Kier alpha value is -2.24. The molecule has 1 rings (SSSR count). The third-order valence-electron chi connectivity index (χ3n) is 2.46. The summed E-state index contributed by atoms with van der Waals surface area (Å²) < 4.78 is 10.4. The van der Waals surface area contributed by atoms with Crippen LogP contribution in [0.2, 0.25) is 0 Å². The zero-order valence-corrected chi connectivity index (χ0v) is 11.0. The van der Waals surface area contributed by atoms with Crippen molar-refractivity contribution in [3.05, 3.63) is 23.8 Å². The molecule has 4 N–H and O–H groups in total. The molecule has 0 radical (unpaired) electrons. The number of carbonyl (C=O) groups excluding carboxylic acids is 2. The number of nitrogens with two attached hydrogens (primary N) is 2. The summed E-state index contributed by atoms with van der Waals surface area (Å²) in [6.45, 7) is 3.75. The average molecular weight is 266 g/mol. The molecule has 0 aromatic heterocycles. The van der Waals surface area contributed by atoms with E-state index in [1.54, 1.807) is 13.8 Å². The smallest absolute Gasteiger partial charge is 0.347 e. The Morgan fingerprint density at radius 1 is 1.32 bits per heavy atom. The second kappa shape index (κ2) is 6.63. The van der Waals surface area contributed by atoms with Crippen molar-refractivity contribution < 1.29 is 19.1 Å². The van der Waals surface area contributed by atoms with Gasteiger partial charge in [-0.2, -0.15) is 0 Å². The first-order chi connectivity index (χ1) is 8.99. The molecule has 19 heavy (non-hydrogen) atoms. The number of esters is 1. The van der Waals surface area contributed by atoms with E-state index in [4.69, 9.17) is 20.9 Å². The molecular formula is C13H18N2O4. The van der Waals surface area contributed by atoms with E-state index in [0.717, 1.165) is 0 Å². The highest BCUT2D eigenvalue weighted by Gasteiger charge is 2.22. The van der Waals surface area contributed by atoms with Gasteiger partial charge in [0, 0.05) is 11.8 Å². The zero-order chi connectivity index (χ0) is 14.4. The molecule has 0 aliphatic rings. The van der Waals surface area contributed by atoms with Gasteiger partial charge in [0.1, 0.15) is 5.75 Å². The predicted octanol–water partition coefficient (Wildman–Crippen LogP) is 1.09. The van der Waals surface area contributed by atoms with Crippen molar-refractivity contribution in [1.82, 2.24) is 0 Å². The van der Waals surface area contributed by atoms with E-state index >= 15 is 0 Å². The van der Waals surface area contributed by atoms with Crippen molar-refractivity contribution in [2.75, 3.05) is 12.3 Å². The Morgan fingerprint density at radius 3 is 2.53 bits per heavy atom. The molecule has 0 bridgehead atoms. The van der Waals surface area contributed by atoms with Gasteiger partial charge in [-0.25, -0.2) is 4.79 Å². The number of hydrogen-bond acceptors (Lipinski definition) is 5. The maximum Gasteiger partial charge on any atom is 0.347 e. The number of rotatable bonds is 6. The second-order valence-electron chi connectivity index (χ2n) is 3.89. The lowest BCUT2D eigenvalue weighted by molar-refractivity contribution is -0.151. The summed E-state index contributed by atoms with van der Waals surface area (Å²) in [5.41, 5.74) is 11.5. The van der Waals surface area contributed by atoms with Crippen LogP contribution in [0.4, 0.5) is 5.69 Å². The van der Waals surface area contributed by atoms with Gasteiger partial charge in [0.25, 0.3) is 5.91 Å². The van der Waals surface area contributed by atoms with Crippen molar-refractivity contribution in [1.29, 1.82) is 0 Å². The molecule has 0 aliphatic carbocycles. The molecule has 1 atom stereocenters. The molecule has 0 fully saturated rings. The van der Waals surface area contributed by atoms with Gasteiger partial charge in [-0.1, -0.05) is 6.92 Å². The summed E-state index contributed by atoms with van der Waals surface area (Å²) in [4.78, 5) is 22.9. The van der Waals surface area contributed by atoms with Crippen molar-refractivity contribution in [2.45, 2.75) is 26.4 Å². The number of carbonyl (C=O) groups is 2. The molecule has 1 amide bonds. The molecule has 0 aliphatic heterocycles. The van der Waals surface area contributed by atoms with Crippen LogP contribution in [0, 0.1) is 0 Å². The van der Waals surface area contributed by atoms with E-state index in [0.29, 0.717) is 12.1 Å². The molecule has 1 aromatic rings. The third kappa shape index (κ3) is 3.87. The van der Waals surface area contributed by atoms with Gasteiger partial charge in [-0.05, 0) is 25.5 Å². The lowest BCUT2D eigenvalue weighted by atomic mass is 10.1. The summed E-state index contributed by atoms with van der Waals surface area (Å²) in [5, 5.41) is 0. The number of hydrogen-bond donors (Lipinski definition) is 2. The summed E-state index contributed by atoms with van der Waals surface area (Å²) >= 11 is 0. The first kappa shape index (κ1) is 14.8. The standard InChI is InChI=1S/C13H18N2O4/c1-3-10(13(17)18-4-2)19-11-7-8(14)5-6-9(11)12(15)16/h5-7,10H,3-4,14H2,1-2H3,(H2,15,16). The number of anilines is 1. The summed E-state index contributed by atoms with van der Waals surface area (Å²) in [6.07, 6.45) is -0.383. The number of amides is 1. The summed E-state index contributed by atoms with van der Waals surface area (Å²) in [6, 6.07) is 4.46. The van der Waals surface area contributed by atoms with Gasteiger partial charge in [-0.15, -0.1) is 0 Å². The van der Waals surface area contributed by atoms with Crippen LogP contribution in [0.25, 0.3) is 0 Å². The number of nitrogen functional groups attached to an aromatic ring is 1. The van der Waals surface area contributed by atoms with Crippen LogP contribution in [0.3, 0.4) is 0 Å². The van der Waals surface area contributed by atoms with Crippen molar-refractivity contribution in [2.24, 2.45) is 5.73 Å². The van der Waals surface area contributed by atoms with Gasteiger partial charge in [0.2, 0.25) is 0 Å². The van der Waals surface area contributed by atoms with E-state index in [2.05, 4.69) is 0 Å². The lowest BCUT2D eigenvalue weighted by Gasteiger charge is -2.17. The van der Waals surface area contributed by atoms with E-state index < -0.39 is 18.0 Å². The second-order valence-corrected chi connectivity index (χ2v) is 3.89. The van der Waals surface area contributed by atoms with E-state index in [-0.39, 0.29) is 17.9 Å². The van der Waals surface area contributed by atoms with E-state index in [1.807, 2.05) is 0 Å². The molecule has 0 spiro atoms. The zero-order valence-electron chi connectivity index (χ0n) is 11.0. The molecule has 0 heterocycles. The van der Waals surface area contributed by atoms with Crippen molar-refractivity contribution in [3.63, 3.8) is 0 Å². The fourth-order valence-electron chi connectivity index (χ4n) is 1.53. The summed E-state index contributed by atoms with van der Waals surface area (Å²) in [5.74, 6) is -0.941. The Kier molecular flexibility index (Phi) is 5.17. The SMILES string of the molecule is CCOC(=O)C(CC)Oc1cc(N)ccc1C(N)=O. The van der Waals surface area contributed by atoms with Crippen LogP contribution >= 0.6 is 0 Å². The largest absolute Gasteiger partial charge is 0.478 e. The first-order valence-electron chi connectivity index (χ1n) is 6.02. The van der Waals surface area contributed by atoms with Crippen LogP contribution in [0.15, 0.2) is 18.2 Å². The average Bonchev–Trinajstić information content (AvgIpc) is 2.35. The van der Waals surface area contributed by atoms with Gasteiger partial charge in [0.05, 0.1) is 12.2 Å². The third-order valence-corrected chi connectivity index (χ3v) is 2.46. The number of benzene rings is 1. The molecule has 0 saturated carbocycles. The van der Waals surface area contributed by atoms with Crippen LogP contribution in [-0.2, 0) is 9.53 Å². The Balaban J connectivity index is 2.99. The Labute approximate surface area is 111 Å². The van der Waals surface area contributed by atoms with Crippen LogP contribution in [0.1, 0.15) is 30.6 Å². The van der Waals surface area contributed by atoms with Crippen molar-refractivity contribution >= 4 is 17.6 Å². The first-order valence-corrected chi connectivity index (χ1v) is 6.02. The topological polar surface area (TPSA) is 105 Å². The molecular weight excluding hydrogens is 248 g/mol. The fraction of sp³-hybridized carbons (Fsp3) is 0.385. The lowest BCUT2D eigenvalue weighted by Crippen LogP contribution is -2.29. The van der Waals surface area contributed by atoms with Crippen LogP contribution < -0.4 is 16.2 Å². The predicted molar refractivity (Wildman–Crippen MR) is 70.7 cm³/mol. The molecule has 0 saturated heterocycles. The minimum atomic E-state index is -0.792.